The molecule has 0 aliphatic carbocycles. The molecule has 72 valence electrons. The van der Waals surface area contributed by atoms with Crippen LogP contribution in [0.2, 0.25) is 0 Å². The Morgan fingerprint density at radius 2 is 2.00 bits per heavy atom. The van der Waals surface area contributed by atoms with Crippen molar-refractivity contribution in [2.24, 2.45) is 0 Å². The van der Waals surface area contributed by atoms with E-state index in [2.05, 4.69) is 0 Å². The molecule has 0 spiro atoms. The summed E-state index contributed by atoms with van der Waals surface area (Å²) in [7, 11) is 1.63. The third-order valence-electron chi connectivity index (χ3n) is 2.33. The van der Waals surface area contributed by atoms with Crippen LogP contribution in [-0.4, -0.2) is 12.2 Å². The van der Waals surface area contributed by atoms with E-state index in [4.69, 9.17) is 4.74 Å². The number of methoxy groups -OCH3 is 1. The van der Waals surface area contributed by atoms with Crippen LogP contribution in [0.4, 0.5) is 0 Å². The normalized spacial score (nSPS) is 10.4. The van der Waals surface area contributed by atoms with Crippen molar-refractivity contribution in [3.05, 3.63) is 42.0 Å². The fraction of sp³-hybridized carbons (Fsp3) is 0.167. The maximum absolute atomic E-state index is 9.20. The maximum atomic E-state index is 9.20. The topological polar surface area (TPSA) is 29.5 Å². The SMILES string of the molecule is COc1cc(CO)c2ccccc2c1. The van der Waals surface area contributed by atoms with Gasteiger partial charge in [0.05, 0.1) is 13.7 Å². The molecule has 0 bridgehead atoms. The number of ether oxygens (including phenoxy) is 1. The van der Waals surface area contributed by atoms with E-state index in [0.717, 1.165) is 22.1 Å². The molecule has 0 saturated heterocycles. The Labute approximate surface area is 82.8 Å². The molecule has 2 nitrogen and oxygen atoms in total. The second-order valence-corrected chi connectivity index (χ2v) is 3.17. The first-order valence-corrected chi connectivity index (χ1v) is 4.51. The Hall–Kier alpha value is -1.54. The van der Waals surface area contributed by atoms with Gasteiger partial charge in [0.1, 0.15) is 5.75 Å². The van der Waals surface area contributed by atoms with Crippen molar-refractivity contribution in [2.45, 2.75) is 6.61 Å². The molecule has 1 N–H and O–H groups in total. The van der Waals surface area contributed by atoms with Crippen molar-refractivity contribution in [3.63, 3.8) is 0 Å². The Morgan fingerprint density at radius 1 is 1.21 bits per heavy atom. The fourth-order valence-corrected chi connectivity index (χ4v) is 1.61. The summed E-state index contributed by atoms with van der Waals surface area (Å²) in [4.78, 5) is 0. The predicted molar refractivity (Wildman–Crippen MR) is 56.4 cm³/mol. The summed E-state index contributed by atoms with van der Waals surface area (Å²) < 4.78 is 5.15. The monoisotopic (exact) mass is 188 g/mol. The van der Waals surface area contributed by atoms with E-state index < -0.39 is 0 Å². The van der Waals surface area contributed by atoms with Gasteiger partial charge in [-0.05, 0) is 28.5 Å². The number of aliphatic hydroxyl groups excluding tert-OH is 1. The highest BCUT2D eigenvalue weighted by molar-refractivity contribution is 5.87. The van der Waals surface area contributed by atoms with Crippen LogP contribution in [0.1, 0.15) is 5.56 Å². The molecule has 0 amide bonds. The maximum Gasteiger partial charge on any atom is 0.119 e. The van der Waals surface area contributed by atoms with Gasteiger partial charge in [0.2, 0.25) is 0 Å². The van der Waals surface area contributed by atoms with Crippen LogP contribution >= 0.6 is 0 Å². The average molecular weight is 188 g/mol. The summed E-state index contributed by atoms with van der Waals surface area (Å²) in [5.41, 5.74) is 0.903. The van der Waals surface area contributed by atoms with E-state index in [-0.39, 0.29) is 6.61 Å². The van der Waals surface area contributed by atoms with Crippen LogP contribution in [-0.2, 0) is 6.61 Å². The highest BCUT2D eigenvalue weighted by Crippen LogP contribution is 2.25. The van der Waals surface area contributed by atoms with Gasteiger partial charge in [-0.1, -0.05) is 24.3 Å². The van der Waals surface area contributed by atoms with Gasteiger partial charge in [0.15, 0.2) is 0 Å². The summed E-state index contributed by atoms with van der Waals surface area (Å²) in [6.07, 6.45) is 0. The molecule has 0 aliphatic heterocycles. The molecule has 2 heteroatoms. The number of hydrogen-bond acceptors (Lipinski definition) is 2. The zero-order valence-corrected chi connectivity index (χ0v) is 8.03. The van der Waals surface area contributed by atoms with Gasteiger partial charge in [-0.25, -0.2) is 0 Å². The van der Waals surface area contributed by atoms with Crippen LogP contribution < -0.4 is 4.74 Å². The van der Waals surface area contributed by atoms with E-state index in [9.17, 15) is 5.11 Å². The first kappa shape index (κ1) is 9.03. The number of rotatable bonds is 2. The van der Waals surface area contributed by atoms with Gasteiger partial charge in [-0.15, -0.1) is 0 Å². The van der Waals surface area contributed by atoms with Crippen LogP contribution in [0.25, 0.3) is 10.8 Å². The third-order valence-corrected chi connectivity index (χ3v) is 2.33. The lowest BCUT2D eigenvalue weighted by Crippen LogP contribution is -1.89. The number of fused-ring (bicyclic) bond motifs is 1. The zero-order valence-electron chi connectivity index (χ0n) is 8.03. The third kappa shape index (κ3) is 1.44. The summed E-state index contributed by atoms with van der Waals surface area (Å²) >= 11 is 0. The van der Waals surface area contributed by atoms with Crippen LogP contribution in [0.3, 0.4) is 0 Å². The summed E-state index contributed by atoms with van der Waals surface area (Å²) in [5, 5.41) is 11.4. The molecule has 2 aromatic rings. The molecule has 0 fully saturated rings. The van der Waals surface area contributed by atoms with Crippen molar-refractivity contribution in [1.82, 2.24) is 0 Å². The van der Waals surface area contributed by atoms with Gasteiger partial charge >= 0.3 is 0 Å². The molecule has 0 atom stereocenters. The van der Waals surface area contributed by atoms with E-state index in [1.165, 1.54) is 0 Å². The van der Waals surface area contributed by atoms with E-state index >= 15 is 0 Å². The Morgan fingerprint density at radius 3 is 2.71 bits per heavy atom. The molecular weight excluding hydrogens is 176 g/mol. The molecule has 2 aromatic carbocycles. The van der Waals surface area contributed by atoms with Gasteiger partial charge in [0, 0.05) is 0 Å². The quantitative estimate of drug-likeness (QED) is 0.783. The second kappa shape index (κ2) is 3.68. The fourth-order valence-electron chi connectivity index (χ4n) is 1.61. The standard InChI is InChI=1S/C12H12O2/c1-14-11-6-9-4-2-3-5-12(9)10(7-11)8-13/h2-7,13H,8H2,1H3. The lowest BCUT2D eigenvalue weighted by Gasteiger charge is -2.07. The Bertz CT molecular complexity index is 449. The minimum atomic E-state index is 0.0394. The molecule has 14 heavy (non-hydrogen) atoms. The van der Waals surface area contributed by atoms with E-state index in [1.807, 2.05) is 36.4 Å². The lowest BCUT2D eigenvalue weighted by atomic mass is 10.0. The van der Waals surface area contributed by atoms with Gasteiger partial charge in [-0.2, -0.15) is 0 Å². The molecule has 0 unspecified atom stereocenters. The summed E-state index contributed by atoms with van der Waals surface area (Å²) in [5.74, 6) is 0.785. The Kier molecular flexibility index (Phi) is 2.37. The lowest BCUT2D eigenvalue weighted by molar-refractivity contribution is 0.282. The minimum Gasteiger partial charge on any atom is -0.497 e. The van der Waals surface area contributed by atoms with E-state index in [0.29, 0.717) is 0 Å². The smallest absolute Gasteiger partial charge is 0.119 e. The average Bonchev–Trinajstić information content (AvgIpc) is 2.27. The first-order chi connectivity index (χ1) is 6.85. The van der Waals surface area contributed by atoms with Gasteiger partial charge < -0.3 is 9.84 Å². The van der Waals surface area contributed by atoms with Crippen LogP contribution in [0.5, 0.6) is 5.75 Å². The highest BCUT2D eigenvalue weighted by atomic mass is 16.5. The number of benzene rings is 2. The molecule has 2 rings (SSSR count). The zero-order chi connectivity index (χ0) is 9.97. The molecule has 0 aromatic heterocycles. The largest absolute Gasteiger partial charge is 0.497 e. The molecule has 0 saturated carbocycles. The van der Waals surface area contributed by atoms with Gasteiger partial charge in [0.25, 0.3) is 0 Å². The second-order valence-electron chi connectivity index (χ2n) is 3.17. The van der Waals surface area contributed by atoms with Crippen molar-refractivity contribution >= 4 is 10.8 Å². The highest BCUT2D eigenvalue weighted by Gasteiger charge is 2.02. The van der Waals surface area contributed by atoms with Crippen LogP contribution in [0.15, 0.2) is 36.4 Å². The van der Waals surface area contributed by atoms with Crippen molar-refractivity contribution < 1.29 is 9.84 Å². The molecule has 0 heterocycles. The first-order valence-electron chi connectivity index (χ1n) is 4.51. The molecule has 0 aliphatic rings. The van der Waals surface area contributed by atoms with E-state index in [1.54, 1.807) is 7.11 Å². The number of aliphatic hydroxyl groups is 1. The van der Waals surface area contributed by atoms with Crippen molar-refractivity contribution in [3.8, 4) is 5.75 Å². The van der Waals surface area contributed by atoms with Gasteiger partial charge in [-0.3, -0.25) is 0 Å². The van der Waals surface area contributed by atoms with Crippen molar-refractivity contribution in [1.29, 1.82) is 0 Å². The number of hydrogen-bond donors (Lipinski definition) is 1. The van der Waals surface area contributed by atoms with Crippen molar-refractivity contribution in [2.75, 3.05) is 7.11 Å². The minimum absolute atomic E-state index is 0.0394. The Balaban J connectivity index is 2.73. The van der Waals surface area contributed by atoms with Crippen LogP contribution in [0, 0.1) is 0 Å². The summed E-state index contributed by atoms with van der Waals surface area (Å²) in [6.45, 7) is 0.0394. The summed E-state index contributed by atoms with van der Waals surface area (Å²) in [6, 6.07) is 11.8. The molecular formula is C12H12O2. The molecule has 0 radical (unpaired) electrons. The predicted octanol–water partition coefficient (Wildman–Crippen LogP) is 2.34.